The van der Waals surface area contributed by atoms with Gasteiger partial charge in [-0.25, -0.2) is 0 Å². The van der Waals surface area contributed by atoms with E-state index in [1.54, 1.807) is 11.0 Å². The normalized spacial score (nSPS) is 15.1. The van der Waals surface area contributed by atoms with E-state index in [0.29, 0.717) is 16.9 Å². The second kappa shape index (κ2) is 7.13. The summed E-state index contributed by atoms with van der Waals surface area (Å²) in [4.78, 5) is 18.3. The second-order valence-corrected chi connectivity index (χ2v) is 6.02. The number of anilines is 2. The van der Waals surface area contributed by atoms with Crippen LogP contribution in [0, 0.1) is 0 Å². The van der Waals surface area contributed by atoms with E-state index in [-0.39, 0.29) is 5.91 Å². The van der Waals surface area contributed by atoms with Gasteiger partial charge in [-0.1, -0.05) is 6.07 Å². The van der Waals surface area contributed by atoms with Crippen LogP contribution in [0.2, 0.25) is 0 Å². The average Bonchev–Trinajstić information content (AvgIpc) is 2.61. The molecule has 3 rings (SSSR count). The zero-order valence-corrected chi connectivity index (χ0v) is 13.5. The Morgan fingerprint density at radius 1 is 1.04 bits per heavy atom. The number of benzene rings is 1. The van der Waals surface area contributed by atoms with Gasteiger partial charge in [-0.2, -0.15) is 13.2 Å². The van der Waals surface area contributed by atoms with E-state index in [2.05, 4.69) is 10.3 Å². The first kappa shape index (κ1) is 17.3. The smallest absolute Gasteiger partial charge is 0.354 e. The number of piperidine rings is 1. The molecule has 132 valence electrons. The molecule has 1 aliphatic heterocycles. The summed E-state index contributed by atoms with van der Waals surface area (Å²) in [6.45, 7) is 1.45. The van der Waals surface area contributed by atoms with Crippen molar-refractivity contribution in [2.45, 2.75) is 25.4 Å². The number of carbonyl (C=O) groups is 1. The number of likely N-dealkylation sites (tertiary alicyclic amines) is 1. The molecule has 0 spiro atoms. The molecule has 1 amide bonds. The van der Waals surface area contributed by atoms with Crippen molar-refractivity contribution in [3.8, 4) is 0 Å². The maximum atomic E-state index is 12.8. The molecular weight excluding hydrogens is 331 g/mol. The van der Waals surface area contributed by atoms with Crippen LogP contribution in [0.4, 0.5) is 24.5 Å². The number of nitrogens with zero attached hydrogens (tertiary/aromatic N) is 2. The first-order valence-electron chi connectivity index (χ1n) is 8.12. The molecule has 0 saturated carbocycles. The fraction of sp³-hybridized carbons (Fsp3) is 0.333. The zero-order valence-electron chi connectivity index (χ0n) is 13.5. The Morgan fingerprint density at radius 2 is 1.80 bits per heavy atom. The third kappa shape index (κ3) is 4.29. The Hall–Kier alpha value is -2.57. The highest BCUT2D eigenvalue weighted by Gasteiger charge is 2.30. The molecule has 2 aromatic rings. The van der Waals surface area contributed by atoms with Crippen molar-refractivity contribution in [3.05, 3.63) is 53.9 Å². The highest BCUT2D eigenvalue weighted by Crippen LogP contribution is 2.31. The number of hydrogen-bond acceptors (Lipinski definition) is 3. The molecule has 0 bridgehead atoms. The predicted octanol–water partition coefficient (Wildman–Crippen LogP) is 4.47. The van der Waals surface area contributed by atoms with Crippen molar-refractivity contribution >= 4 is 17.3 Å². The lowest BCUT2D eigenvalue weighted by Gasteiger charge is -2.26. The quantitative estimate of drug-likeness (QED) is 0.889. The number of hydrogen-bond donors (Lipinski definition) is 1. The fourth-order valence-corrected chi connectivity index (χ4v) is 2.84. The minimum absolute atomic E-state index is 0.0973. The van der Waals surface area contributed by atoms with Crippen LogP contribution in [0.15, 0.2) is 42.7 Å². The fourth-order valence-electron chi connectivity index (χ4n) is 2.84. The molecule has 1 aromatic heterocycles. The van der Waals surface area contributed by atoms with Crippen molar-refractivity contribution < 1.29 is 18.0 Å². The van der Waals surface area contributed by atoms with Crippen LogP contribution in [0.3, 0.4) is 0 Å². The number of amides is 1. The van der Waals surface area contributed by atoms with Crippen LogP contribution in [0.1, 0.15) is 35.2 Å². The molecule has 0 radical (unpaired) electrons. The number of carbonyl (C=O) groups excluding carboxylic acids is 1. The lowest BCUT2D eigenvalue weighted by molar-refractivity contribution is -0.137. The number of nitrogens with one attached hydrogen (secondary N) is 1. The summed E-state index contributed by atoms with van der Waals surface area (Å²) in [5.74, 6) is -0.0973. The zero-order chi connectivity index (χ0) is 17.9. The molecule has 1 saturated heterocycles. The standard InChI is InChI=1S/C18H18F3N3O/c19-18(20,21)14-5-4-6-15(10-14)23-16-9-13(11-22-12-16)17(25)24-7-2-1-3-8-24/h4-6,9-12,23H,1-3,7-8H2. The van der Waals surface area contributed by atoms with Crippen LogP contribution in [-0.2, 0) is 6.18 Å². The van der Waals surface area contributed by atoms with Crippen molar-refractivity contribution in [1.29, 1.82) is 0 Å². The largest absolute Gasteiger partial charge is 0.416 e. The molecule has 1 fully saturated rings. The molecule has 0 aliphatic carbocycles. The van der Waals surface area contributed by atoms with Gasteiger partial charge in [0, 0.05) is 25.0 Å². The first-order chi connectivity index (χ1) is 11.9. The molecular formula is C18H18F3N3O. The topological polar surface area (TPSA) is 45.2 Å². The Bertz CT molecular complexity index is 755. The van der Waals surface area contributed by atoms with Crippen molar-refractivity contribution in [1.82, 2.24) is 9.88 Å². The SMILES string of the molecule is O=C(c1cncc(Nc2cccc(C(F)(F)F)c2)c1)N1CCCCC1. The van der Waals surface area contributed by atoms with Gasteiger partial charge in [0.1, 0.15) is 0 Å². The Labute approximate surface area is 143 Å². The van der Waals surface area contributed by atoms with Gasteiger partial charge >= 0.3 is 6.18 Å². The number of pyridine rings is 1. The van der Waals surface area contributed by atoms with Crippen molar-refractivity contribution in [2.24, 2.45) is 0 Å². The number of rotatable bonds is 3. The second-order valence-electron chi connectivity index (χ2n) is 6.02. The molecule has 1 aliphatic rings. The van der Waals surface area contributed by atoms with Gasteiger partial charge in [-0.3, -0.25) is 9.78 Å². The van der Waals surface area contributed by atoms with Crippen molar-refractivity contribution in [2.75, 3.05) is 18.4 Å². The van der Waals surface area contributed by atoms with Crippen LogP contribution in [0.5, 0.6) is 0 Å². The molecule has 1 N–H and O–H groups in total. The average molecular weight is 349 g/mol. The van der Waals surface area contributed by atoms with Gasteiger partial charge in [-0.05, 0) is 43.5 Å². The monoisotopic (exact) mass is 349 g/mol. The van der Waals surface area contributed by atoms with Crippen LogP contribution < -0.4 is 5.32 Å². The van der Waals surface area contributed by atoms with E-state index < -0.39 is 11.7 Å². The van der Waals surface area contributed by atoms with E-state index in [9.17, 15) is 18.0 Å². The van der Waals surface area contributed by atoms with E-state index in [1.165, 1.54) is 24.5 Å². The predicted molar refractivity (Wildman–Crippen MR) is 88.7 cm³/mol. The first-order valence-corrected chi connectivity index (χ1v) is 8.12. The summed E-state index contributed by atoms with van der Waals surface area (Å²) >= 11 is 0. The third-order valence-corrected chi connectivity index (χ3v) is 4.11. The number of alkyl halides is 3. The summed E-state index contributed by atoms with van der Waals surface area (Å²) in [5, 5.41) is 2.88. The van der Waals surface area contributed by atoms with Gasteiger partial charge in [0.15, 0.2) is 0 Å². The van der Waals surface area contributed by atoms with Gasteiger partial charge in [0.2, 0.25) is 0 Å². The minimum Gasteiger partial charge on any atom is -0.354 e. The van der Waals surface area contributed by atoms with Crippen LogP contribution in [-0.4, -0.2) is 28.9 Å². The van der Waals surface area contributed by atoms with Crippen molar-refractivity contribution in [3.63, 3.8) is 0 Å². The third-order valence-electron chi connectivity index (χ3n) is 4.11. The maximum Gasteiger partial charge on any atom is 0.416 e. The molecule has 7 heteroatoms. The molecule has 4 nitrogen and oxygen atoms in total. The number of halogens is 3. The summed E-state index contributed by atoms with van der Waals surface area (Å²) in [6.07, 6.45) is 1.66. The van der Waals surface area contributed by atoms with Gasteiger partial charge in [0.05, 0.1) is 23.0 Å². The maximum absolute atomic E-state index is 12.8. The lowest BCUT2D eigenvalue weighted by atomic mass is 10.1. The Kier molecular flexibility index (Phi) is 4.92. The van der Waals surface area contributed by atoms with E-state index >= 15 is 0 Å². The summed E-state index contributed by atoms with van der Waals surface area (Å²) in [7, 11) is 0. The molecule has 1 aromatic carbocycles. The summed E-state index contributed by atoms with van der Waals surface area (Å²) in [6, 6.07) is 6.53. The number of aromatic nitrogens is 1. The minimum atomic E-state index is -4.40. The Balaban J connectivity index is 1.77. The van der Waals surface area contributed by atoms with E-state index in [4.69, 9.17) is 0 Å². The highest BCUT2D eigenvalue weighted by atomic mass is 19.4. The van der Waals surface area contributed by atoms with Crippen LogP contribution >= 0.6 is 0 Å². The molecule has 0 atom stereocenters. The summed E-state index contributed by atoms with van der Waals surface area (Å²) in [5.41, 5.74) is 0.464. The molecule has 2 heterocycles. The molecule has 25 heavy (non-hydrogen) atoms. The lowest BCUT2D eigenvalue weighted by Crippen LogP contribution is -2.35. The van der Waals surface area contributed by atoms with Gasteiger partial charge in [0.25, 0.3) is 5.91 Å². The van der Waals surface area contributed by atoms with Gasteiger partial charge in [-0.15, -0.1) is 0 Å². The highest BCUT2D eigenvalue weighted by molar-refractivity contribution is 5.95. The van der Waals surface area contributed by atoms with Crippen LogP contribution in [0.25, 0.3) is 0 Å². The van der Waals surface area contributed by atoms with E-state index in [0.717, 1.165) is 44.5 Å². The van der Waals surface area contributed by atoms with E-state index in [1.807, 2.05) is 0 Å². The summed E-state index contributed by atoms with van der Waals surface area (Å²) < 4.78 is 38.4. The molecule has 0 unspecified atom stereocenters. The Morgan fingerprint density at radius 3 is 2.52 bits per heavy atom. The van der Waals surface area contributed by atoms with Gasteiger partial charge < -0.3 is 10.2 Å².